The number of benzene rings is 1. The molecule has 0 heterocycles. The third kappa shape index (κ3) is 4.87. The van der Waals surface area contributed by atoms with Crippen molar-refractivity contribution in [2.45, 2.75) is 26.7 Å². The number of amides is 2. The van der Waals surface area contributed by atoms with E-state index in [9.17, 15) is 9.59 Å². The summed E-state index contributed by atoms with van der Waals surface area (Å²) in [5.74, 6) is 0. The molecule has 19 heavy (non-hydrogen) atoms. The Labute approximate surface area is 111 Å². The number of para-hydroxylation sites is 1. The molecule has 6 nitrogen and oxygen atoms in total. The van der Waals surface area contributed by atoms with Crippen LogP contribution in [0.5, 0.6) is 0 Å². The topological polar surface area (TPSA) is 87.7 Å². The van der Waals surface area contributed by atoms with Crippen molar-refractivity contribution in [3.63, 3.8) is 0 Å². The van der Waals surface area contributed by atoms with Crippen LogP contribution in [0.15, 0.2) is 18.2 Å². The first-order valence-electron chi connectivity index (χ1n) is 6.08. The summed E-state index contributed by atoms with van der Waals surface area (Å²) < 4.78 is 4.98. The molecule has 0 saturated heterocycles. The highest BCUT2D eigenvalue weighted by Crippen LogP contribution is 2.25. The lowest BCUT2D eigenvalue weighted by atomic mass is 10.1. The molecule has 0 saturated carbocycles. The summed E-state index contributed by atoms with van der Waals surface area (Å²) in [6.07, 6.45) is -0.0468. The largest absolute Gasteiger partial charge is 0.465 e. The molecule has 1 rings (SSSR count). The molecule has 1 aromatic rings. The Balaban J connectivity index is 2.75. The van der Waals surface area contributed by atoms with E-state index in [1.54, 1.807) is 25.1 Å². The van der Waals surface area contributed by atoms with Crippen LogP contribution in [0.25, 0.3) is 0 Å². The SMILES string of the molecule is CCCCOC(=O)Nc1c(C)cccc1NC(=O)O. The molecule has 0 aromatic heterocycles. The summed E-state index contributed by atoms with van der Waals surface area (Å²) >= 11 is 0. The molecule has 6 heteroatoms. The molecule has 0 bridgehead atoms. The first-order valence-corrected chi connectivity index (χ1v) is 6.08. The zero-order valence-corrected chi connectivity index (χ0v) is 11.0. The zero-order valence-electron chi connectivity index (χ0n) is 11.0. The van der Waals surface area contributed by atoms with E-state index in [-0.39, 0.29) is 0 Å². The first kappa shape index (κ1) is 14.8. The monoisotopic (exact) mass is 266 g/mol. The van der Waals surface area contributed by atoms with Gasteiger partial charge in [-0.2, -0.15) is 0 Å². The average molecular weight is 266 g/mol. The van der Waals surface area contributed by atoms with Gasteiger partial charge in [0.15, 0.2) is 0 Å². The Bertz CT molecular complexity index is 460. The van der Waals surface area contributed by atoms with E-state index >= 15 is 0 Å². The fraction of sp³-hybridized carbons (Fsp3) is 0.385. The maximum absolute atomic E-state index is 11.6. The van der Waals surface area contributed by atoms with Crippen LogP contribution in [-0.2, 0) is 4.74 Å². The van der Waals surface area contributed by atoms with Gasteiger partial charge < -0.3 is 9.84 Å². The highest BCUT2D eigenvalue weighted by Gasteiger charge is 2.11. The predicted octanol–water partition coefficient (Wildman–Crippen LogP) is 3.43. The number of carboxylic acid groups (broad SMARTS) is 1. The highest BCUT2D eigenvalue weighted by molar-refractivity contribution is 5.95. The van der Waals surface area contributed by atoms with Gasteiger partial charge in [-0.1, -0.05) is 25.5 Å². The van der Waals surface area contributed by atoms with Crippen LogP contribution in [0.4, 0.5) is 21.0 Å². The number of nitrogens with one attached hydrogen (secondary N) is 2. The predicted molar refractivity (Wildman–Crippen MR) is 72.7 cm³/mol. The van der Waals surface area contributed by atoms with Gasteiger partial charge in [0.25, 0.3) is 0 Å². The van der Waals surface area contributed by atoms with Crippen LogP contribution in [0.2, 0.25) is 0 Å². The summed E-state index contributed by atoms with van der Waals surface area (Å²) in [5.41, 5.74) is 1.48. The molecule has 0 fully saturated rings. The van der Waals surface area contributed by atoms with Crippen molar-refractivity contribution < 1.29 is 19.4 Å². The molecule has 0 spiro atoms. The van der Waals surface area contributed by atoms with Crippen molar-refractivity contribution in [3.8, 4) is 0 Å². The number of hydrogen-bond acceptors (Lipinski definition) is 3. The van der Waals surface area contributed by atoms with E-state index in [4.69, 9.17) is 9.84 Å². The van der Waals surface area contributed by atoms with Gasteiger partial charge in [0.2, 0.25) is 0 Å². The van der Waals surface area contributed by atoms with E-state index in [2.05, 4.69) is 10.6 Å². The number of carbonyl (C=O) groups excluding carboxylic acids is 1. The van der Waals surface area contributed by atoms with E-state index in [1.165, 1.54) is 0 Å². The lowest BCUT2D eigenvalue weighted by molar-refractivity contribution is 0.160. The van der Waals surface area contributed by atoms with Gasteiger partial charge in [-0.25, -0.2) is 9.59 Å². The van der Waals surface area contributed by atoms with Crippen LogP contribution >= 0.6 is 0 Å². The Kier molecular flexibility index (Phi) is 5.66. The smallest absolute Gasteiger partial charge is 0.411 e. The number of aryl methyl sites for hydroxylation is 1. The second-order valence-electron chi connectivity index (χ2n) is 4.04. The number of ether oxygens (including phenoxy) is 1. The van der Waals surface area contributed by atoms with Crippen LogP contribution in [-0.4, -0.2) is 23.9 Å². The molecule has 104 valence electrons. The average Bonchev–Trinajstić information content (AvgIpc) is 2.33. The Hall–Kier alpha value is -2.24. The quantitative estimate of drug-likeness (QED) is 0.712. The minimum atomic E-state index is -1.19. The number of rotatable bonds is 5. The Morgan fingerprint density at radius 1 is 1.32 bits per heavy atom. The van der Waals surface area contributed by atoms with E-state index in [0.29, 0.717) is 18.0 Å². The summed E-state index contributed by atoms with van der Waals surface area (Å²) in [6.45, 7) is 4.11. The maximum atomic E-state index is 11.6. The molecule has 0 aliphatic heterocycles. The molecule has 3 N–H and O–H groups in total. The molecule has 0 aliphatic rings. The summed E-state index contributed by atoms with van der Waals surface area (Å²) in [6, 6.07) is 5.05. The molecule has 0 aliphatic carbocycles. The fourth-order valence-corrected chi connectivity index (χ4v) is 1.50. The van der Waals surface area contributed by atoms with E-state index in [0.717, 1.165) is 18.4 Å². The minimum Gasteiger partial charge on any atom is -0.465 e. The molecule has 2 amide bonds. The van der Waals surface area contributed by atoms with Crippen LogP contribution < -0.4 is 10.6 Å². The number of anilines is 2. The number of unbranched alkanes of at least 4 members (excludes halogenated alkanes) is 1. The van der Waals surface area contributed by atoms with Gasteiger partial charge in [-0.05, 0) is 25.0 Å². The Morgan fingerprint density at radius 3 is 2.68 bits per heavy atom. The van der Waals surface area contributed by atoms with Crippen molar-refractivity contribution in [2.75, 3.05) is 17.2 Å². The number of hydrogen-bond donors (Lipinski definition) is 3. The Morgan fingerprint density at radius 2 is 2.05 bits per heavy atom. The van der Waals surface area contributed by atoms with Crippen molar-refractivity contribution in [1.82, 2.24) is 0 Å². The van der Waals surface area contributed by atoms with Crippen LogP contribution in [0.1, 0.15) is 25.3 Å². The molecule has 1 aromatic carbocycles. The van der Waals surface area contributed by atoms with Gasteiger partial charge in [-0.15, -0.1) is 0 Å². The molecular formula is C13H18N2O4. The van der Waals surface area contributed by atoms with Crippen molar-refractivity contribution in [3.05, 3.63) is 23.8 Å². The maximum Gasteiger partial charge on any atom is 0.411 e. The standard InChI is InChI=1S/C13H18N2O4/c1-3-4-8-19-13(18)15-11-9(2)6-5-7-10(11)14-12(16)17/h5-7,14H,3-4,8H2,1-2H3,(H,15,18)(H,16,17). The van der Waals surface area contributed by atoms with E-state index < -0.39 is 12.2 Å². The second-order valence-corrected chi connectivity index (χ2v) is 4.04. The van der Waals surface area contributed by atoms with Crippen molar-refractivity contribution in [1.29, 1.82) is 0 Å². The third-order valence-electron chi connectivity index (χ3n) is 2.47. The third-order valence-corrected chi connectivity index (χ3v) is 2.47. The second kappa shape index (κ2) is 7.25. The molecule has 0 radical (unpaired) electrons. The van der Waals surface area contributed by atoms with Gasteiger partial charge in [0.05, 0.1) is 18.0 Å². The summed E-state index contributed by atoms with van der Waals surface area (Å²) in [4.78, 5) is 22.2. The van der Waals surface area contributed by atoms with Gasteiger partial charge in [0, 0.05) is 0 Å². The summed E-state index contributed by atoms with van der Waals surface area (Å²) in [5, 5.41) is 13.5. The minimum absolute atomic E-state index is 0.319. The molecule has 0 unspecified atom stereocenters. The van der Waals surface area contributed by atoms with Gasteiger partial charge in [0.1, 0.15) is 0 Å². The van der Waals surface area contributed by atoms with Gasteiger partial charge in [-0.3, -0.25) is 10.6 Å². The summed E-state index contributed by atoms with van der Waals surface area (Å²) in [7, 11) is 0. The van der Waals surface area contributed by atoms with Gasteiger partial charge >= 0.3 is 12.2 Å². The van der Waals surface area contributed by atoms with Crippen molar-refractivity contribution >= 4 is 23.6 Å². The van der Waals surface area contributed by atoms with Crippen molar-refractivity contribution in [2.24, 2.45) is 0 Å². The van der Waals surface area contributed by atoms with Crippen LogP contribution in [0.3, 0.4) is 0 Å². The van der Waals surface area contributed by atoms with E-state index in [1.807, 2.05) is 6.92 Å². The lowest BCUT2D eigenvalue weighted by Crippen LogP contribution is -2.17. The lowest BCUT2D eigenvalue weighted by Gasteiger charge is -2.13. The zero-order chi connectivity index (χ0) is 14.3. The fourth-order valence-electron chi connectivity index (χ4n) is 1.50. The van der Waals surface area contributed by atoms with Crippen LogP contribution in [0, 0.1) is 6.92 Å². The first-order chi connectivity index (χ1) is 9.04. The molecular weight excluding hydrogens is 248 g/mol. The number of carbonyl (C=O) groups is 2. The normalized spacial score (nSPS) is 9.79. The highest BCUT2D eigenvalue weighted by atomic mass is 16.5. The molecule has 0 atom stereocenters.